The lowest BCUT2D eigenvalue weighted by molar-refractivity contribution is -0.118. The first kappa shape index (κ1) is 20.8. The average Bonchev–Trinajstić information content (AvgIpc) is 3.17. The van der Waals surface area contributed by atoms with E-state index in [-0.39, 0.29) is 10.9 Å². The van der Waals surface area contributed by atoms with Crippen LogP contribution >= 0.6 is 0 Å². The van der Waals surface area contributed by atoms with Gasteiger partial charge < -0.3 is 16.5 Å². The van der Waals surface area contributed by atoms with Gasteiger partial charge in [0, 0.05) is 23.5 Å². The lowest BCUT2D eigenvalue weighted by Gasteiger charge is -2.13. The Bertz CT molecular complexity index is 1240. The van der Waals surface area contributed by atoms with E-state index in [1.165, 1.54) is 18.3 Å². The van der Waals surface area contributed by atoms with Crippen molar-refractivity contribution in [3.63, 3.8) is 0 Å². The zero-order valence-electron chi connectivity index (χ0n) is 17.0. The highest BCUT2D eigenvalue weighted by molar-refractivity contribution is 7.91. The van der Waals surface area contributed by atoms with Gasteiger partial charge in [0.2, 0.25) is 5.91 Å². The van der Waals surface area contributed by atoms with Crippen LogP contribution in [0.4, 0.5) is 17.1 Å². The molecule has 160 valence electrons. The summed E-state index contributed by atoms with van der Waals surface area (Å²) in [7, 11) is -3.47. The lowest BCUT2D eigenvalue weighted by Crippen LogP contribution is -2.30. The number of sulfone groups is 1. The van der Waals surface area contributed by atoms with E-state index in [9.17, 15) is 13.2 Å². The molecule has 0 fully saturated rings. The van der Waals surface area contributed by atoms with Crippen LogP contribution in [-0.4, -0.2) is 29.5 Å². The number of nitrogens with two attached hydrogens (primary N) is 1. The molecule has 9 nitrogen and oxygen atoms in total. The second-order valence-electron chi connectivity index (χ2n) is 7.48. The first-order valence-corrected chi connectivity index (χ1v) is 11.2. The number of amides is 1. The van der Waals surface area contributed by atoms with E-state index < -0.39 is 21.1 Å². The van der Waals surface area contributed by atoms with E-state index in [1.54, 1.807) is 26.2 Å². The molecule has 2 aromatic heterocycles. The molecule has 1 atom stereocenters. The molecule has 1 unspecified atom stereocenters. The Morgan fingerprint density at radius 1 is 1.10 bits per heavy atom. The van der Waals surface area contributed by atoms with Gasteiger partial charge in [0.1, 0.15) is 6.04 Å². The number of fused-ring (bicyclic) bond motifs is 1. The number of carbonyl (C=O) groups is 1. The van der Waals surface area contributed by atoms with Gasteiger partial charge in [0.25, 0.3) is 0 Å². The van der Waals surface area contributed by atoms with Crippen molar-refractivity contribution in [2.24, 2.45) is 0 Å². The van der Waals surface area contributed by atoms with Gasteiger partial charge >= 0.3 is 0 Å². The maximum Gasteiger partial charge on any atom is 0.248 e. The molecule has 4 rings (SSSR count). The molecule has 5 N–H and O–H groups in total. The van der Waals surface area contributed by atoms with Gasteiger partial charge in [-0.3, -0.25) is 9.78 Å². The van der Waals surface area contributed by atoms with Crippen LogP contribution in [0.25, 0.3) is 11.1 Å². The molecule has 3 aromatic rings. The van der Waals surface area contributed by atoms with Crippen LogP contribution in [-0.2, 0) is 14.6 Å². The molecular weight excluding hydrogens is 416 g/mol. The topological polar surface area (TPSA) is 139 Å². The SMILES string of the molecule is CC(C)S(=O)(=O)c1ccc(NC(=O)C2NNc3ccc(-c4cncc(N)c4)cc32)cn1. The van der Waals surface area contributed by atoms with Gasteiger partial charge in [-0.1, -0.05) is 6.07 Å². The summed E-state index contributed by atoms with van der Waals surface area (Å²) in [6.45, 7) is 3.19. The zero-order chi connectivity index (χ0) is 22.2. The molecule has 3 heterocycles. The number of pyridine rings is 2. The second-order valence-corrected chi connectivity index (χ2v) is 9.93. The molecule has 0 saturated heterocycles. The van der Waals surface area contributed by atoms with E-state index in [0.717, 1.165) is 22.4 Å². The summed E-state index contributed by atoms with van der Waals surface area (Å²) in [6.07, 6.45) is 4.62. The fourth-order valence-corrected chi connectivity index (χ4v) is 4.16. The zero-order valence-corrected chi connectivity index (χ0v) is 17.8. The number of anilines is 3. The van der Waals surface area contributed by atoms with E-state index in [2.05, 4.69) is 26.1 Å². The fraction of sp³-hybridized carbons (Fsp3) is 0.190. The first-order valence-electron chi connectivity index (χ1n) is 9.63. The third kappa shape index (κ3) is 4.07. The van der Waals surface area contributed by atoms with Crippen molar-refractivity contribution in [2.75, 3.05) is 16.5 Å². The van der Waals surface area contributed by atoms with Crippen molar-refractivity contribution >= 4 is 32.8 Å². The minimum absolute atomic E-state index is 0.0214. The number of carbonyl (C=O) groups excluding carboxylic acids is 1. The molecule has 0 radical (unpaired) electrons. The van der Waals surface area contributed by atoms with E-state index in [1.807, 2.05) is 24.3 Å². The van der Waals surface area contributed by atoms with E-state index in [4.69, 9.17) is 5.73 Å². The summed E-state index contributed by atoms with van der Waals surface area (Å²) in [4.78, 5) is 21.0. The van der Waals surface area contributed by atoms with E-state index in [0.29, 0.717) is 11.4 Å². The van der Waals surface area contributed by atoms with Gasteiger partial charge in [-0.15, -0.1) is 0 Å². The predicted octanol–water partition coefficient (Wildman–Crippen LogP) is 2.52. The van der Waals surface area contributed by atoms with Crippen molar-refractivity contribution in [1.29, 1.82) is 0 Å². The molecular formula is C21H22N6O3S. The number of hydrogen-bond acceptors (Lipinski definition) is 8. The Hall–Kier alpha value is -3.50. The highest BCUT2D eigenvalue weighted by Gasteiger charge is 2.29. The molecule has 1 aromatic carbocycles. The second kappa shape index (κ2) is 7.97. The number of hydrazine groups is 1. The maximum absolute atomic E-state index is 12.9. The summed E-state index contributed by atoms with van der Waals surface area (Å²) >= 11 is 0. The number of aromatic nitrogens is 2. The average molecular weight is 439 g/mol. The quantitative estimate of drug-likeness (QED) is 0.476. The Morgan fingerprint density at radius 2 is 1.90 bits per heavy atom. The third-order valence-corrected chi connectivity index (χ3v) is 7.05. The standard InChI is InChI=1S/C21H22N6O3S/c1-12(2)31(29,30)19-6-4-16(11-24-19)25-21(28)20-17-8-13(3-5-18(17)26-27-20)14-7-15(22)10-23-9-14/h3-12,20,26-27H,22H2,1-2H3,(H,25,28). The number of benzene rings is 1. The highest BCUT2D eigenvalue weighted by Crippen LogP contribution is 2.33. The van der Waals surface area contributed by atoms with Gasteiger partial charge in [0.15, 0.2) is 14.9 Å². The van der Waals surface area contributed by atoms with Crippen LogP contribution in [0.5, 0.6) is 0 Å². The first-order chi connectivity index (χ1) is 14.8. The largest absolute Gasteiger partial charge is 0.397 e. The van der Waals surface area contributed by atoms with Crippen LogP contribution in [0.2, 0.25) is 0 Å². The molecule has 0 saturated carbocycles. The Balaban J connectivity index is 1.54. The Morgan fingerprint density at radius 3 is 2.58 bits per heavy atom. The van der Waals surface area contributed by atoms with Crippen LogP contribution < -0.4 is 21.9 Å². The summed E-state index contributed by atoms with van der Waals surface area (Å²) in [6, 6.07) is 9.78. The summed E-state index contributed by atoms with van der Waals surface area (Å²) in [5.41, 5.74) is 16.0. The number of nitrogens with one attached hydrogen (secondary N) is 3. The van der Waals surface area contributed by atoms with Crippen LogP contribution in [0, 0.1) is 0 Å². The Labute approximate surface area is 180 Å². The molecule has 1 aliphatic rings. The van der Waals surface area contributed by atoms with E-state index >= 15 is 0 Å². The van der Waals surface area contributed by atoms with Crippen LogP contribution in [0.15, 0.2) is 60.0 Å². The summed E-state index contributed by atoms with van der Waals surface area (Å²) in [5.74, 6) is -0.310. The van der Waals surface area contributed by atoms with Crippen molar-refractivity contribution < 1.29 is 13.2 Å². The fourth-order valence-electron chi connectivity index (χ4n) is 3.22. The van der Waals surface area contributed by atoms with Crippen molar-refractivity contribution in [2.45, 2.75) is 30.2 Å². The van der Waals surface area contributed by atoms with Crippen molar-refractivity contribution in [1.82, 2.24) is 15.4 Å². The Kier molecular flexibility index (Phi) is 5.34. The minimum atomic E-state index is -3.47. The lowest BCUT2D eigenvalue weighted by atomic mass is 9.99. The smallest absolute Gasteiger partial charge is 0.248 e. The summed E-state index contributed by atoms with van der Waals surface area (Å²) < 4.78 is 24.4. The number of hydrogen-bond donors (Lipinski definition) is 4. The van der Waals surface area contributed by atoms with Crippen LogP contribution in [0.1, 0.15) is 25.5 Å². The van der Waals surface area contributed by atoms with Gasteiger partial charge in [-0.2, -0.15) is 0 Å². The van der Waals surface area contributed by atoms with Gasteiger partial charge in [0.05, 0.1) is 28.5 Å². The van der Waals surface area contributed by atoms with Gasteiger partial charge in [-0.25, -0.2) is 18.8 Å². The summed E-state index contributed by atoms with van der Waals surface area (Å²) in [5, 5.41) is 2.17. The van der Waals surface area contributed by atoms with Crippen molar-refractivity contribution in [3.05, 3.63) is 60.6 Å². The van der Waals surface area contributed by atoms with Gasteiger partial charge in [-0.05, 0) is 49.7 Å². The number of nitrogens with zero attached hydrogens (tertiary/aromatic N) is 2. The highest BCUT2D eigenvalue weighted by atomic mass is 32.2. The normalized spacial score (nSPS) is 15.4. The molecule has 31 heavy (non-hydrogen) atoms. The monoisotopic (exact) mass is 438 g/mol. The molecule has 0 bridgehead atoms. The van der Waals surface area contributed by atoms with Crippen LogP contribution in [0.3, 0.4) is 0 Å². The number of rotatable bonds is 5. The minimum Gasteiger partial charge on any atom is -0.397 e. The maximum atomic E-state index is 12.9. The predicted molar refractivity (Wildman–Crippen MR) is 119 cm³/mol. The molecule has 1 amide bonds. The molecule has 10 heteroatoms. The van der Waals surface area contributed by atoms with Crippen molar-refractivity contribution in [3.8, 4) is 11.1 Å². The molecule has 1 aliphatic heterocycles. The number of nitrogen functional groups attached to an aromatic ring is 1. The molecule has 0 aliphatic carbocycles. The molecule has 0 spiro atoms. The third-order valence-electron chi connectivity index (χ3n) is 4.98.